The summed E-state index contributed by atoms with van der Waals surface area (Å²) < 4.78 is 0. The second-order valence-electron chi connectivity index (χ2n) is 7.15. The Morgan fingerprint density at radius 3 is 2.44 bits per heavy atom. The molecule has 1 heterocycles. The number of rotatable bonds is 8. The summed E-state index contributed by atoms with van der Waals surface area (Å²) >= 11 is 19.1. The minimum absolute atomic E-state index is 0.0522. The Kier molecular flexibility index (Phi) is 8.42. The molecule has 3 rings (SSSR count). The lowest BCUT2D eigenvalue weighted by Crippen LogP contribution is -2.32. The molecule has 3 aromatic rings. The zero-order valence-electron chi connectivity index (χ0n) is 17.2. The number of carbonyl (C=O) groups excluding carboxylic acids is 2. The van der Waals surface area contributed by atoms with Crippen molar-refractivity contribution in [2.75, 3.05) is 11.1 Å². The molecule has 0 aliphatic carbocycles. The fourth-order valence-electron chi connectivity index (χ4n) is 2.76. The molecule has 11 heteroatoms. The fraction of sp³-hybridized carbons (Fsp3) is 0.238. The van der Waals surface area contributed by atoms with Crippen molar-refractivity contribution in [3.63, 3.8) is 0 Å². The summed E-state index contributed by atoms with van der Waals surface area (Å²) in [6, 6.07) is 11.5. The maximum Gasteiger partial charge on any atom is 0.251 e. The monoisotopic (exact) mass is 511 g/mol. The van der Waals surface area contributed by atoms with Crippen molar-refractivity contribution in [1.82, 2.24) is 20.5 Å². The summed E-state index contributed by atoms with van der Waals surface area (Å²) in [5.41, 5.74) is 0.927. The molecular formula is C21H20Cl3N5O2S. The van der Waals surface area contributed by atoms with Gasteiger partial charge in [0.25, 0.3) is 5.91 Å². The molecule has 2 amide bonds. The van der Waals surface area contributed by atoms with Crippen LogP contribution in [0.15, 0.2) is 47.6 Å². The van der Waals surface area contributed by atoms with Crippen molar-refractivity contribution in [1.29, 1.82) is 0 Å². The van der Waals surface area contributed by atoms with Gasteiger partial charge in [-0.3, -0.25) is 14.7 Å². The number of carbonyl (C=O) groups is 2. The first kappa shape index (κ1) is 24.4. The van der Waals surface area contributed by atoms with Crippen molar-refractivity contribution >= 4 is 64.1 Å². The van der Waals surface area contributed by atoms with Gasteiger partial charge in [0.2, 0.25) is 11.1 Å². The first-order chi connectivity index (χ1) is 15.2. The van der Waals surface area contributed by atoms with Crippen LogP contribution in [0.25, 0.3) is 0 Å². The van der Waals surface area contributed by atoms with Crippen molar-refractivity contribution in [2.24, 2.45) is 5.92 Å². The third kappa shape index (κ3) is 6.38. The molecule has 1 aromatic heterocycles. The zero-order valence-corrected chi connectivity index (χ0v) is 20.2. The van der Waals surface area contributed by atoms with Crippen LogP contribution in [-0.4, -0.2) is 32.7 Å². The Morgan fingerprint density at radius 2 is 1.75 bits per heavy atom. The molecule has 0 bridgehead atoms. The highest BCUT2D eigenvalue weighted by Crippen LogP contribution is 2.32. The Hall–Kier alpha value is -2.26. The van der Waals surface area contributed by atoms with Crippen molar-refractivity contribution in [2.45, 2.75) is 25.0 Å². The van der Waals surface area contributed by atoms with Gasteiger partial charge in [0.15, 0.2) is 0 Å². The minimum atomic E-state index is -0.367. The number of aromatic amines is 1. The predicted molar refractivity (Wildman–Crippen MR) is 129 cm³/mol. The lowest BCUT2D eigenvalue weighted by Gasteiger charge is -2.19. The van der Waals surface area contributed by atoms with Crippen LogP contribution in [0.2, 0.25) is 15.1 Å². The van der Waals surface area contributed by atoms with Crippen molar-refractivity contribution < 1.29 is 9.59 Å². The molecule has 0 aliphatic rings. The Morgan fingerprint density at radius 1 is 1.06 bits per heavy atom. The number of halogens is 3. The third-order valence-electron chi connectivity index (χ3n) is 4.38. The summed E-state index contributed by atoms with van der Waals surface area (Å²) in [7, 11) is 0. The maximum absolute atomic E-state index is 12.5. The molecule has 1 atom stereocenters. The van der Waals surface area contributed by atoms with E-state index in [1.807, 2.05) is 19.9 Å². The number of nitrogens with one attached hydrogen (secondary N) is 3. The first-order valence-electron chi connectivity index (χ1n) is 9.60. The van der Waals surface area contributed by atoms with E-state index in [1.54, 1.807) is 24.3 Å². The average molecular weight is 513 g/mol. The van der Waals surface area contributed by atoms with Gasteiger partial charge < -0.3 is 10.6 Å². The molecule has 1 unspecified atom stereocenters. The quantitative estimate of drug-likeness (QED) is 0.268. The zero-order chi connectivity index (χ0) is 23.3. The summed E-state index contributed by atoms with van der Waals surface area (Å²) in [6.45, 7) is 3.94. The summed E-state index contributed by atoms with van der Waals surface area (Å²) in [5, 5.41) is 13.9. The Labute approximate surface area is 204 Å². The van der Waals surface area contributed by atoms with Gasteiger partial charge in [-0.15, -0.1) is 5.10 Å². The molecule has 7 nitrogen and oxygen atoms in total. The van der Waals surface area contributed by atoms with E-state index in [9.17, 15) is 9.59 Å². The molecule has 32 heavy (non-hydrogen) atoms. The van der Waals surface area contributed by atoms with E-state index >= 15 is 0 Å². The maximum atomic E-state index is 12.5. The van der Waals surface area contributed by atoms with Gasteiger partial charge in [0.05, 0.1) is 32.5 Å². The van der Waals surface area contributed by atoms with Crippen LogP contribution >= 0.6 is 46.6 Å². The number of amides is 2. The number of benzene rings is 2. The molecule has 2 aromatic carbocycles. The molecular weight excluding hydrogens is 493 g/mol. The minimum Gasteiger partial charge on any atom is -0.342 e. The van der Waals surface area contributed by atoms with E-state index in [4.69, 9.17) is 34.8 Å². The van der Waals surface area contributed by atoms with Crippen LogP contribution in [0.4, 0.5) is 5.69 Å². The second kappa shape index (κ2) is 11.0. The highest BCUT2D eigenvalue weighted by Gasteiger charge is 2.23. The number of anilines is 1. The van der Waals surface area contributed by atoms with Gasteiger partial charge >= 0.3 is 0 Å². The summed E-state index contributed by atoms with van der Waals surface area (Å²) in [5.74, 6) is 0.122. The fourth-order valence-corrected chi connectivity index (χ4v) is 3.96. The van der Waals surface area contributed by atoms with Gasteiger partial charge in [0.1, 0.15) is 5.82 Å². The Bertz CT molecular complexity index is 1110. The molecule has 0 radical (unpaired) electrons. The van der Waals surface area contributed by atoms with E-state index in [2.05, 4.69) is 25.8 Å². The number of nitrogens with zero attached hydrogens (tertiary/aromatic N) is 2. The Balaban J connectivity index is 1.61. The van der Waals surface area contributed by atoms with Gasteiger partial charge in [-0.2, -0.15) is 0 Å². The van der Waals surface area contributed by atoms with Gasteiger partial charge in [0, 0.05) is 5.56 Å². The number of H-pyrrole nitrogens is 1. The van der Waals surface area contributed by atoms with E-state index in [0.29, 0.717) is 27.3 Å². The van der Waals surface area contributed by atoms with E-state index in [-0.39, 0.29) is 39.6 Å². The average Bonchev–Trinajstić information content (AvgIpc) is 3.23. The number of thioether (sulfide) groups is 1. The highest BCUT2D eigenvalue weighted by atomic mass is 35.5. The topological polar surface area (TPSA) is 99.8 Å². The van der Waals surface area contributed by atoms with Crippen molar-refractivity contribution in [3.05, 3.63) is 68.9 Å². The van der Waals surface area contributed by atoms with E-state index in [0.717, 1.165) is 11.8 Å². The third-order valence-corrected chi connectivity index (χ3v) is 6.26. The lowest BCUT2D eigenvalue weighted by atomic mass is 10.0. The molecule has 3 N–H and O–H groups in total. The molecule has 0 saturated heterocycles. The van der Waals surface area contributed by atoms with Crippen LogP contribution in [0.3, 0.4) is 0 Å². The van der Waals surface area contributed by atoms with E-state index in [1.165, 1.54) is 12.1 Å². The summed E-state index contributed by atoms with van der Waals surface area (Å²) in [4.78, 5) is 29.3. The van der Waals surface area contributed by atoms with Crippen LogP contribution in [0, 0.1) is 5.92 Å². The van der Waals surface area contributed by atoms with Gasteiger partial charge in [-0.1, -0.05) is 78.6 Å². The lowest BCUT2D eigenvalue weighted by molar-refractivity contribution is -0.113. The molecule has 168 valence electrons. The summed E-state index contributed by atoms with van der Waals surface area (Å²) in [6.07, 6.45) is 0. The molecule has 0 saturated carbocycles. The number of hydrogen-bond acceptors (Lipinski definition) is 5. The van der Waals surface area contributed by atoms with Crippen molar-refractivity contribution in [3.8, 4) is 0 Å². The standard InChI is InChI=1S/C21H20Cl3N5O2S/c1-11(2)18(26-20(31)12-6-4-3-5-7-12)19-27-21(29-28-19)32-10-17(30)25-16-9-14(23)13(22)8-15(16)24/h3-9,11,18H,10H2,1-2H3,(H,25,30)(H,26,31)(H,27,28,29). The molecule has 0 spiro atoms. The predicted octanol–water partition coefficient (Wildman–Crippen LogP) is 5.62. The van der Waals surface area contributed by atoms with Gasteiger partial charge in [-0.25, -0.2) is 4.98 Å². The van der Waals surface area contributed by atoms with Gasteiger partial charge in [-0.05, 0) is 30.2 Å². The highest BCUT2D eigenvalue weighted by molar-refractivity contribution is 7.99. The van der Waals surface area contributed by atoms with Crippen LogP contribution in [0.1, 0.15) is 36.1 Å². The number of aromatic nitrogens is 3. The largest absolute Gasteiger partial charge is 0.342 e. The molecule has 0 fully saturated rings. The SMILES string of the molecule is CC(C)C(NC(=O)c1ccccc1)c1nc(SCC(=O)Nc2cc(Cl)c(Cl)cc2Cl)n[nH]1. The smallest absolute Gasteiger partial charge is 0.251 e. The first-order valence-corrected chi connectivity index (χ1v) is 11.7. The number of hydrogen-bond donors (Lipinski definition) is 3. The van der Waals surface area contributed by atoms with Crippen LogP contribution < -0.4 is 10.6 Å². The normalized spacial score (nSPS) is 11.9. The molecule has 0 aliphatic heterocycles. The van der Waals surface area contributed by atoms with Crippen LogP contribution in [-0.2, 0) is 4.79 Å². The van der Waals surface area contributed by atoms with E-state index < -0.39 is 0 Å². The van der Waals surface area contributed by atoms with Crippen LogP contribution in [0.5, 0.6) is 0 Å². The second-order valence-corrected chi connectivity index (χ2v) is 9.31.